The molecule has 0 spiro atoms. The van der Waals surface area contributed by atoms with Crippen LogP contribution in [0.1, 0.15) is 50.1 Å². The summed E-state index contributed by atoms with van der Waals surface area (Å²) in [7, 11) is 1.32. The molecule has 246 valence electrons. The Bertz CT molecular complexity index is 2060. The van der Waals surface area contributed by atoms with Crippen molar-refractivity contribution in [2.45, 2.75) is 52.2 Å². The minimum Gasteiger partial charge on any atom is -0.489 e. The van der Waals surface area contributed by atoms with Gasteiger partial charge in [0.2, 0.25) is 0 Å². The zero-order valence-electron chi connectivity index (χ0n) is 27.9. The largest absolute Gasteiger partial charge is 0.489 e. The van der Waals surface area contributed by atoms with E-state index in [1.165, 1.54) is 24.3 Å². The lowest BCUT2D eigenvalue weighted by Gasteiger charge is -2.32. The molecule has 0 aliphatic carbocycles. The molecule has 5 aromatic rings. The number of aromatic nitrogens is 3. The van der Waals surface area contributed by atoms with Crippen molar-refractivity contribution in [3.63, 3.8) is 0 Å². The molecule has 48 heavy (non-hydrogen) atoms. The molecular formula is C39H39FN4O4. The summed E-state index contributed by atoms with van der Waals surface area (Å²) in [6.07, 6.45) is 4.95. The summed E-state index contributed by atoms with van der Waals surface area (Å²) in [5, 5.41) is 5.05. The van der Waals surface area contributed by atoms with Gasteiger partial charge in [-0.3, -0.25) is 0 Å². The third-order valence-electron chi connectivity index (χ3n) is 8.80. The van der Waals surface area contributed by atoms with Crippen molar-refractivity contribution >= 4 is 17.3 Å². The van der Waals surface area contributed by atoms with E-state index < -0.39 is 23.5 Å². The first-order valence-electron chi connectivity index (χ1n) is 16.3. The molecular weight excluding hydrogens is 607 g/mol. The van der Waals surface area contributed by atoms with Gasteiger partial charge in [0.25, 0.3) is 0 Å². The second-order valence-electron chi connectivity index (χ2n) is 13.2. The van der Waals surface area contributed by atoms with Crippen molar-refractivity contribution in [3.8, 4) is 39.4 Å². The maximum atomic E-state index is 16.5. The van der Waals surface area contributed by atoms with Crippen LogP contribution in [0.15, 0.2) is 78.9 Å². The molecule has 2 aliphatic heterocycles. The minimum atomic E-state index is -1.20. The molecule has 0 radical (unpaired) electrons. The molecule has 3 aromatic carbocycles. The molecule has 0 N–H and O–H groups in total. The van der Waals surface area contributed by atoms with Crippen molar-refractivity contribution in [2.75, 3.05) is 31.7 Å². The van der Waals surface area contributed by atoms with Crippen LogP contribution in [-0.4, -0.2) is 53.0 Å². The molecule has 2 aromatic heterocycles. The monoisotopic (exact) mass is 646 g/mol. The van der Waals surface area contributed by atoms with Crippen LogP contribution in [0.2, 0.25) is 0 Å². The van der Waals surface area contributed by atoms with Gasteiger partial charge < -0.3 is 19.1 Å². The standard InChI is InChI=1S/C39H39FN4O4/c1-24-35(37(38(45)46-5)48-39(2,3)4)36-29-21-32-33(22-30(29)40)47-19-18-43(32)17-10-6-7-12-25-13-8-9-16-28(25)26-14-11-15-27(20-26)31-23-34(41-24)44(36)42-31/h6,8-11,13-16,20-23,37H,7,12,17-19H2,1-5H3/b10-6-/t37-/m0/s1. The van der Waals surface area contributed by atoms with Crippen LogP contribution in [0, 0.1) is 12.7 Å². The Labute approximate surface area is 279 Å². The van der Waals surface area contributed by atoms with Crippen molar-refractivity contribution in [1.82, 2.24) is 14.6 Å². The number of ether oxygens (including phenoxy) is 3. The highest BCUT2D eigenvalue weighted by molar-refractivity contribution is 5.84. The van der Waals surface area contributed by atoms with Gasteiger partial charge in [-0.05, 0) is 69.4 Å². The number of methoxy groups -OCH3 is 1. The number of carbonyl (C=O) groups excluding carboxylic acids is 1. The molecule has 2 aliphatic rings. The van der Waals surface area contributed by atoms with Gasteiger partial charge in [0.15, 0.2) is 11.8 Å². The van der Waals surface area contributed by atoms with Gasteiger partial charge in [0.1, 0.15) is 18.2 Å². The molecule has 7 rings (SSSR count). The molecule has 0 saturated heterocycles. The second-order valence-corrected chi connectivity index (χ2v) is 13.2. The first kappa shape index (κ1) is 31.6. The van der Waals surface area contributed by atoms with Crippen molar-refractivity contribution in [1.29, 1.82) is 0 Å². The molecule has 0 amide bonds. The molecule has 0 saturated carbocycles. The highest BCUT2D eigenvalue weighted by Crippen LogP contribution is 2.42. The normalized spacial score (nSPS) is 15.7. The van der Waals surface area contributed by atoms with Crippen LogP contribution >= 0.6 is 0 Å². The molecule has 0 unspecified atom stereocenters. The molecule has 4 heterocycles. The van der Waals surface area contributed by atoms with Gasteiger partial charge in [-0.25, -0.2) is 18.7 Å². The number of aryl methyl sites for hydroxylation is 2. The maximum Gasteiger partial charge on any atom is 0.339 e. The van der Waals surface area contributed by atoms with E-state index in [0.717, 1.165) is 29.7 Å². The molecule has 6 bridgehead atoms. The minimum absolute atomic E-state index is 0.253. The summed E-state index contributed by atoms with van der Waals surface area (Å²) in [6.45, 7) is 9.10. The summed E-state index contributed by atoms with van der Waals surface area (Å²) in [4.78, 5) is 20.5. The van der Waals surface area contributed by atoms with Crippen LogP contribution in [0.3, 0.4) is 0 Å². The zero-order valence-corrected chi connectivity index (χ0v) is 27.9. The van der Waals surface area contributed by atoms with Gasteiger partial charge in [0, 0.05) is 41.1 Å². The topological polar surface area (TPSA) is 78.2 Å². The number of allylic oxidation sites excluding steroid dienone is 1. The van der Waals surface area contributed by atoms with E-state index in [4.69, 9.17) is 24.3 Å². The fraction of sp³-hybridized carbons (Fsp3) is 0.308. The second kappa shape index (κ2) is 12.5. The van der Waals surface area contributed by atoms with Crippen molar-refractivity contribution in [3.05, 3.63) is 102 Å². The molecule has 8 nitrogen and oxygen atoms in total. The Morgan fingerprint density at radius 1 is 1.00 bits per heavy atom. The van der Waals surface area contributed by atoms with Crippen LogP contribution in [0.5, 0.6) is 5.75 Å². The first-order valence-corrected chi connectivity index (χ1v) is 16.3. The third kappa shape index (κ3) is 5.94. The summed E-state index contributed by atoms with van der Waals surface area (Å²) < 4.78 is 35.6. The number of halogens is 1. The van der Waals surface area contributed by atoms with Gasteiger partial charge in [0.05, 0.1) is 36.3 Å². The Hall–Kier alpha value is -5.02. The number of nitrogens with zero attached hydrogens (tertiary/aromatic N) is 4. The number of rotatable bonds is 3. The first-order chi connectivity index (χ1) is 23.1. The Kier molecular flexibility index (Phi) is 8.25. The maximum absolute atomic E-state index is 16.5. The number of hydrogen-bond acceptors (Lipinski definition) is 7. The van der Waals surface area contributed by atoms with Crippen LogP contribution < -0.4 is 9.64 Å². The van der Waals surface area contributed by atoms with Crippen molar-refractivity contribution in [2.24, 2.45) is 0 Å². The van der Waals surface area contributed by atoms with E-state index in [1.807, 2.05) is 39.0 Å². The number of carbonyl (C=O) groups is 1. The fourth-order valence-electron chi connectivity index (χ4n) is 6.62. The number of anilines is 1. The Morgan fingerprint density at radius 2 is 1.81 bits per heavy atom. The van der Waals surface area contributed by atoms with Gasteiger partial charge in [-0.2, -0.15) is 5.10 Å². The summed E-state index contributed by atoms with van der Waals surface area (Å²) in [5.41, 5.74) is 7.12. The van der Waals surface area contributed by atoms with E-state index in [-0.39, 0.29) is 5.56 Å². The average molecular weight is 647 g/mol. The van der Waals surface area contributed by atoms with Gasteiger partial charge in [-0.15, -0.1) is 0 Å². The quantitative estimate of drug-likeness (QED) is 0.146. The molecule has 1 atom stereocenters. The van der Waals surface area contributed by atoms with Crippen LogP contribution in [0.4, 0.5) is 10.1 Å². The number of esters is 1. The lowest BCUT2D eigenvalue weighted by Crippen LogP contribution is -2.33. The van der Waals surface area contributed by atoms with E-state index in [2.05, 4.69) is 53.5 Å². The summed E-state index contributed by atoms with van der Waals surface area (Å²) in [6, 6.07) is 21.9. The van der Waals surface area contributed by atoms with E-state index in [9.17, 15) is 4.79 Å². The highest BCUT2D eigenvalue weighted by atomic mass is 19.1. The predicted octanol–water partition coefficient (Wildman–Crippen LogP) is 7.91. The number of hydrogen-bond donors (Lipinski definition) is 0. The SMILES string of the molecule is COC(=O)[C@@H](OC(C)(C)C)c1c(C)nc2cc3nn2c1-c1cc2c(cc1F)OCCN2C/C=C\CCc1ccccc1-c1cccc-3c1. The van der Waals surface area contributed by atoms with E-state index in [1.54, 1.807) is 17.5 Å². The third-order valence-corrected chi connectivity index (χ3v) is 8.80. The Morgan fingerprint density at radius 3 is 2.62 bits per heavy atom. The Balaban J connectivity index is 1.54. The zero-order chi connectivity index (χ0) is 33.6. The van der Waals surface area contributed by atoms with Gasteiger partial charge >= 0.3 is 5.97 Å². The van der Waals surface area contributed by atoms with Gasteiger partial charge in [-0.1, -0.05) is 54.6 Å². The predicted molar refractivity (Wildman–Crippen MR) is 185 cm³/mol. The number of benzene rings is 3. The lowest BCUT2D eigenvalue weighted by molar-refractivity contribution is -0.164. The van der Waals surface area contributed by atoms with Crippen LogP contribution in [-0.2, 0) is 20.7 Å². The summed E-state index contributed by atoms with van der Waals surface area (Å²) in [5.74, 6) is -0.656. The number of fused-ring (bicyclic) bond motifs is 8. The lowest BCUT2D eigenvalue weighted by atomic mass is 9.95. The van der Waals surface area contributed by atoms with Crippen LogP contribution in [0.25, 0.3) is 39.3 Å². The highest BCUT2D eigenvalue weighted by Gasteiger charge is 2.35. The van der Waals surface area contributed by atoms with E-state index in [0.29, 0.717) is 53.7 Å². The van der Waals surface area contributed by atoms with E-state index >= 15 is 4.39 Å². The average Bonchev–Trinajstić information content (AvgIpc) is 3.49. The van der Waals surface area contributed by atoms with Crippen molar-refractivity contribution < 1.29 is 23.4 Å². The molecule has 9 heteroatoms. The summed E-state index contributed by atoms with van der Waals surface area (Å²) >= 11 is 0. The smallest absolute Gasteiger partial charge is 0.339 e. The fourth-order valence-corrected chi connectivity index (χ4v) is 6.62. The molecule has 0 fully saturated rings.